The molecule has 0 saturated heterocycles. The number of nitrogens with one attached hydrogen (secondary N) is 1. The molecule has 3 heterocycles. The van der Waals surface area contributed by atoms with Crippen LogP contribution >= 0.6 is 0 Å². The minimum atomic E-state index is -4.51. The molecule has 0 amide bonds. The summed E-state index contributed by atoms with van der Waals surface area (Å²) in [7, 11) is 1.48. The molecule has 0 aliphatic heterocycles. The molecule has 13 heteroatoms. The van der Waals surface area contributed by atoms with E-state index in [2.05, 4.69) is 29.9 Å². The molecular formula is C24H20F4N6O3. The Balaban J connectivity index is 1.38. The van der Waals surface area contributed by atoms with Crippen LogP contribution in [0.1, 0.15) is 35.7 Å². The molecule has 0 radical (unpaired) electrons. The first kappa shape index (κ1) is 24.4. The first-order chi connectivity index (χ1) is 17.9. The molecule has 1 N–H and O–H groups in total. The second-order valence-corrected chi connectivity index (χ2v) is 8.16. The maximum atomic E-state index is 13.0. The van der Waals surface area contributed by atoms with Crippen LogP contribution in [0.25, 0.3) is 22.8 Å². The first-order valence-corrected chi connectivity index (χ1v) is 11.2. The number of alkyl halides is 4. The van der Waals surface area contributed by atoms with Crippen LogP contribution in [0.2, 0.25) is 0 Å². The fourth-order valence-corrected chi connectivity index (χ4v) is 3.67. The van der Waals surface area contributed by atoms with Crippen LogP contribution in [-0.4, -0.2) is 43.9 Å². The van der Waals surface area contributed by atoms with Gasteiger partial charge in [0, 0.05) is 11.5 Å². The Morgan fingerprint density at radius 2 is 1.76 bits per heavy atom. The van der Waals surface area contributed by atoms with E-state index in [1.165, 1.54) is 19.6 Å². The highest BCUT2D eigenvalue weighted by atomic mass is 19.4. The second kappa shape index (κ2) is 9.99. The average Bonchev–Trinajstić information content (AvgIpc) is 3.62. The summed E-state index contributed by atoms with van der Waals surface area (Å²) in [6, 6.07) is 6.55. The zero-order valence-corrected chi connectivity index (χ0v) is 19.4. The largest absolute Gasteiger partial charge is 0.480 e. The fourth-order valence-electron chi connectivity index (χ4n) is 3.67. The number of halogens is 4. The minimum Gasteiger partial charge on any atom is -0.480 e. The standard InChI is InChI=1S/C24H20F4N6O3/c1-35-23-18(19(14-6-7-14)31-12-32-23)21-29-8-16(37-11-25)22(34-21)36-10-13-2-4-15(5-3-13)20-30-9-17(33-20)24(26,27)28/h2-5,8-9,12,14H,6-7,10-11H2,1H3,(H,30,33). The van der Waals surface area contributed by atoms with Crippen LogP contribution in [0.5, 0.6) is 17.5 Å². The lowest BCUT2D eigenvalue weighted by molar-refractivity contribution is -0.140. The first-order valence-electron chi connectivity index (χ1n) is 11.2. The van der Waals surface area contributed by atoms with Crippen molar-refractivity contribution >= 4 is 0 Å². The zero-order valence-electron chi connectivity index (χ0n) is 19.4. The monoisotopic (exact) mass is 516 g/mol. The Bertz CT molecular complexity index is 1390. The van der Waals surface area contributed by atoms with Gasteiger partial charge < -0.3 is 19.2 Å². The summed E-state index contributed by atoms with van der Waals surface area (Å²) in [4.78, 5) is 23.3. The highest BCUT2D eigenvalue weighted by Crippen LogP contribution is 2.45. The number of rotatable bonds is 9. The molecule has 1 aliphatic carbocycles. The number of aromatic amines is 1. The number of imidazole rings is 1. The normalized spacial score (nSPS) is 13.4. The van der Waals surface area contributed by atoms with Gasteiger partial charge in [0.1, 0.15) is 30.0 Å². The van der Waals surface area contributed by atoms with E-state index < -0.39 is 18.7 Å². The van der Waals surface area contributed by atoms with Crippen molar-refractivity contribution < 1.29 is 31.8 Å². The summed E-state index contributed by atoms with van der Waals surface area (Å²) >= 11 is 0. The van der Waals surface area contributed by atoms with E-state index in [0.29, 0.717) is 22.6 Å². The van der Waals surface area contributed by atoms with E-state index >= 15 is 0 Å². The van der Waals surface area contributed by atoms with Crippen molar-refractivity contribution in [3.8, 4) is 40.3 Å². The average molecular weight is 516 g/mol. The Morgan fingerprint density at radius 1 is 0.973 bits per heavy atom. The summed E-state index contributed by atoms with van der Waals surface area (Å²) < 4.78 is 67.7. The zero-order chi connectivity index (χ0) is 26.0. The van der Waals surface area contributed by atoms with Gasteiger partial charge in [0.25, 0.3) is 5.88 Å². The van der Waals surface area contributed by atoms with Crippen molar-refractivity contribution in [2.24, 2.45) is 0 Å². The number of benzene rings is 1. The van der Waals surface area contributed by atoms with Crippen molar-refractivity contribution in [1.82, 2.24) is 29.9 Å². The van der Waals surface area contributed by atoms with E-state index in [4.69, 9.17) is 14.2 Å². The number of ether oxygens (including phenoxy) is 3. The Morgan fingerprint density at radius 3 is 2.41 bits per heavy atom. The number of H-pyrrole nitrogens is 1. The number of hydrogen-bond acceptors (Lipinski definition) is 8. The predicted octanol–water partition coefficient (Wildman–Crippen LogP) is 5.11. The predicted molar refractivity (Wildman–Crippen MR) is 122 cm³/mol. The molecule has 37 heavy (non-hydrogen) atoms. The summed E-state index contributed by atoms with van der Waals surface area (Å²) in [5.74, 6) is 0.895. The van der Waals surface area contributed by atoms with Gasteiger partial charge in [-0.1, -0.05) is 24.3 Å². The van der Waals surface area contributed by atoms with Gasteiger partial charge in [-0.05, 0) is 18.4 Å². The van der Waals surface area contributed by atoms with Gasteiger partial charge in [-0.3, -0.25) is 0 Å². The van der Waals surface area contributed by atoms with E-state index in [0.717, 1.165) is 24.7 Å². The molecule has 4 aromatic rings. The van der Waals surface area contributed by atoms with E-state index in [-0.39, 0.29) is 35.8 Å². The van der Waals surface area contributed by atoms with Crippen LogP contribution in [-0.2, 0) is 12.8 Å². The maximum Gasteiger partial charge on any atom is 0.432 e. The van der Waals surface area contributed by atoms with Crippen molar-refractivity contribution in [3.63, 3.8) is 0 Å². The van der Waals surface area contributed by atoms with Gasteiger partial charge in [-0.25, -0.2) is 24.3 Å². The third-order valence-corrected chi connectivity index (χ3v) is 5.64. The van der Waals surface area contributed by atoms with E-state index in [9.17, 15) is 17.6 Å². The molecule has 5 rings (SSSR count). The molecule has 1 fully saturated rings. The molecule has 192 valence electrons. The molecule has 0 bridgehead atoms. The SMILES string of the molecule is COc1ncnc(C2CC2)c1-c1ncc(OCF)c(OCc2ccc(-c3ncc(C(F)(F)F)[nH]3)cc2)n1. The minimum absolute atomic E-state index is 0.000216. The van der Waals surface area contributed by atoms with Crippen molar-refractivity contribution in [2.45, 2.75) is 31.5 Å². The molecule has 9 nitrogen and oxygen atoms in total. The summed E-state index contributed by atoms with van der Waals surface area (Å²) in [6.45, 7) is -1.09. The number of aromatic nitrogens is 6. The molecule has 3 aromatic heterocycles. The highest BCUT2D eigenvalue weighted by Gasteiger charge is 2.33. The smallest absolute Gasteiger partial charge is 0.432 e. The van der Waals surface area contributed by atoms with E-state index in [1.54, 1.807) is 24.3 Å². The van der Waals surface area contributed by atoms with Gasteiger partial charge in [0.05, 0.1) is 25.2 Å². The van der Waals surface area contributed by atoms with Crippen LogP contribution in [0.3, 0.4) is 0 Å². The van der Waals surface area contributed by atoms with Crippen LogP contribution in [0.15, 0.2) is 43.0 Å². The lowest BCUT2D eigenvalue weighted by Crippen LogP contribution is -2.06. The highest BCUT2D eigenvalue weighted by molar-refractivity contribution is 5.66. The van der Waals surface area contributed by atoms with Crippen molar-refractivity contribution in [2.75, 3.05) is 14.0 Å². The van der Waals surface area contributed by atoms with Crippen LogP contribution < -0.4 is 14.2 Å². The Kier molecular flexibility index (Phi) is 6.59. The summed E-state index contributed by atoms with van der Waals surface area (Å²) in [6.07, 6.45) is 0.913. The second-order valence-electron chi connectivity index (χ2n) is 8.16. The van der Waals surface area contributed by atoms with Gasteiger partial charge in [-0.15, -0.1) is 0 Å². The Hall–Kier alpha value is -4.29. The lowest BCUT2D eigenvalue weighted by atomic mass is 10.1. The Labute approximate surface area is 207 Å². The van der Waals surface area contributed by atoms with Gasteiger partial charge in [0.2, 0.25) is 18.5 Å². The molecule has 1 aliphatic rings. The number of hydrogen-bond donors (Lipinski definition) is 1. The number of nitrogens with zero attached hydrogens (tertiary/aromatic N) is 5. The van der Waals surface area contributed by atoms with Crippen LogP contribution in [0.4, 0.5) is 17.6 Å². The molecule has 0 atom stereocenters. The number of methoxy groups -OCH3 is 1. The van der Waals surface area contributed by atoms with E-state index in [1.807, 2.05) is 0 Å². The fraction of sp³-hybridized carbons (Fsp3) is 0.292. The molecule has 1 saturated carbocycles. The van der Waals surface area contributed by atoms with Gasteiger partial charge >= 0.3 is 6.18 Å². The quantitative estimate of drug-likeness (QED) is 0.306. The van der Waals surface area contributed by atoms with Gasteiger partial charge in [-0.2, -0.15) is 18.2 Å². The molecule has 0 unspecified atom stereocenters. The molecular weight excluding hydrogens is 496 g/mol. The van der Waals surface area contributed by atoms with Crippen LogP contribution in [0, 0.1) is 0 Å². The van der Waals surface area contributed by atoms with Crippen molar-refractivity contribution in [1.29, 1.82) is 0 Å². The topological polar surface area (TPSA) is 108 Å². The van der Waals surface area contributed by atoms with Gasteiger partial charge in [0.15, 0.2) is 5.82 Å². The summed E-state index contributed by atoms with van der Waals surface area (Å²) in [5, 5.41) is 0. The molecule has 1 aromatic carbocycles. The lowest BCUT2D eigenvalue weighted by Gasteiger charge is -2.14. The third-order valence-electron chi connectivity index (χ3n) is 5.64. The molecule has 0 spiro atoms. The maximum absolute atomic E-state index is 13.0. The van der Waals surface area contributed by atoms with Crippen molar-refractivity contribution in [3.05, 3.63) is 59.9 Å². The summed E-state index contributed by atoms with van der Waals surface area (Å²) in [5.41, 5.74) is 1.51. The third kappa shape index (κ3) is 5.29.